The average molecular weight is 406 g/mol. The van der Waals surface area contributed by atoms with Gasteiger partial charge in [0, 0.05) is 8.95 Å². The molecule has 1 unspecified atom stereocenters. The Hall–Kier alpha value is -0.350. The maximum atomic E-state index is 12.0. The molecule has 4 heteroatoms. The minimum Gasteiger partial charge on any atom is -0.459 e. The molecule has 0 saturated heterocycles. The van der Waals surface area contributed by atoms with Crippen LogP contribution in [0.3, 0.4) is 0 Å². The van der Waals surface area contributed by atoms with Crippen molar-refractivity contribution in [2.45, 2.75) is 58.5 Å². The predicted molar refractivity (Wildman–Crippen MR) is 90.1 cm³/mol. The lowest BCUT2D eigenvalue weighted by atomic mass is 10.1. The van der Waals surface area contributed by atoms with Crippen molar-refractivity contribution in [3.05, 3.63) is 32.7 Å². The summed E-state index contributed by atoms with van der Waals surface area (Å²) in [5.74, 6) is -0.256. The number of unbranched alkanes of at least 4 members (excludes halogenated alkanes) is 4. The van der Waals surface area contributed by atoms with E-state index in [4.69, 9.17) is 4.74 Å². The second kappa shape index (κ2) is 9.56. The third-order valence-electron chi connectivity index (χ3n) is 3.12. The van der Waals surface area contributed by atoms with Crippen LogP contribution < -0.4 is 0 Å². The molecule has 1 aromatic carbocycles. The van der Waals surface area contributed by atoms with Crippen LogP contribution in [-0.4, -0.2) is 12.1 Å². The van der Waals surface area contributed by atoms with Gasteiger partial charge in [-0.3, -0.25) is 0 Å². The molecule has 112 valence electrons. The SMILES string of the molecule is CCCCCCCC(C)OC(=O)c1cc(Br)cc(Br)c1. The maximum Gasteiger partial charge on any atom is 0.338 e. The van der Waals surface area contributed by atoms with E-state index < -0.39 is 0 Å². The number of benzene rings is 1. The van der Waals surface area contributed by atoms with E-state index >= 15 is 0 Å². The Morgan fingerprint density at radius 3 is 2.30 bits per heavy atom. The fraction of sp³-hybridized carbons (Fsp3) is 0.562. The first kappa shape index (κ1) is 17.7. The molecule has 1 aromatic rings. The van der Waals surface area contributed by atoms with Crippen LogP contribution in [0.2, 0.25) is 0 Å². The lowest BCUT2D eigenvalue weighted by Crippen LogP contribution is -2.15. The van der Waals surface area contributed by atoms with Gasteiger partial charge in [0.1, 0.15) is 0 Å². The summed E-state index contributed by atoms with van der Waals surface area (Å²) in [6, 6.07) is 5.45. The molecule has 0 fully saturated rings. The number of hydrogen-bond acceptors (Lipinski definition) is 2. The van der Waals surface area contributed by atoms with E-state index in [1.54, 1.807) is 12.1 Å². The minimum absolute atomic E-state index is 0.0260. The summed E-state index contributed by atoms with van der Waals surface area (Å²) in [6.45, 7) is 4.17. The van der Waals surface area contributed by atoms with E-state index in [9.17, 15) is 4.79 Å². The standard InChI is InChI=1S/C16H22Br2O2/c1-3-4-5-6-7-8-12(2)20-16(19)13-9-14(17)11-15(18)10-13/h9-12H,3-8H2,1-2H3. The highest BCUT2D eigenvalue weighted by Gasteiger charge is 2.13. The Labute approximate surface area is 138 Å². The molecule has 1 atom stereocenters. The van der Waals surface area contributed by atoms with E-state index in [0.29, 0.717) is 5.56 Å². The molecule has 0 amide bonds. The average Bonchev–Trinajstić information content (AvgIpc) is 2.37. The summed E-state index contributed by atoms with van der Waals surface area (Å²) in [5, 5.41) is 0. The zero-order valence-electron chi connectivity index (χ0n) is 12.1. The highest BCUT2D eigenvalue weighted by atomic mass is 79.9. The summed E-state index contributed by atoms with van der Waals surface area (Å²) in [4.78, 5) is 12.0. The molecule has 0 heterocycles. The van der Waals surface area contributed by atoms with Gasteiger partial charge in [0.15, 0.2) is 0 Å². The van der Waals surface area contributed by atoms with Gasteiger partial charge in [0.2, 0.25) is 0 Å². The van der Waals surface area contributed by atoms with Gasteiger partial charge in [-0.25, -0.2) is 4.79 Å². The third-order valence-corrected chi connectivity index (χ3v) is 4.04. The second-order valence-corrected chi connectivity index (χ2v) is 6.91. The molecule has 0 N–H and O–H groups in total. The third kappa shape index (κ3) is 6.89. The highest BCUT2D eigenvalue weighted by molar-refractivity contribution is 9.11. The first-order valence-corrected chi connectivity index (χ1v) is 8.78. The molecule has 0 aromatic heterocycles. The zero-order chi connectivity index (χ0) is 15.0. The number of carbonyl (C=O) groups excluding carboxylic acids is 1. The monoisotopic (exact) mass is 404 g/mol. The van der Waals surface area contributed by atoms with Crippen LogP contribution in [0.1, 0.15) is 62.7 Å². The number of rotatable bonds is 8. The number of hydrogen-bond donors (Lipinski definition) is 0. The van der Waals surface area contributed by atoms with Gasteiger partial charge in [0.05, 0.1) is 11.7 Å². The largest absolute Gasteiger partial charge is 0.459 e. The predicted octanol–water partition coefficient (Wildman–Crippen LogP) is 6.12. The highest BCUT2D eigenvalue weighted by Crippen LogP contribution is 2.21. The summed E-state index contributed by atoms with van der Waals surface area (Å²) < 4.78 is 7.21. The van der Waals surface area contributed by atoms with Gasteiger partial charge < -0.3 is 4.74 Å². The summed E-state index contributed by atoms with van der Waals surface area (Å²) in [6.07, 6.45) is 7.07. The van der Waals surface area contributed by atoms with E-state index in [2.05, 4.69) is 38.8 Å². The zero-order valence-corrected chi connectivity index (χ0v) is 15.3. The maximum absolute atomic E-state index is 12.0. The second-order valence-electron chi connectivity index (χ2n) is 5.08. The van der Waals surface area contributed by atoms with E-state index in [1.165, 1.54) is 25.7 Å². The Morgan fingerprint density at radius 1 is 1.10 bits per heavy atom. The molecule has 0 aliphatic heterocycles. The van der Waals surface area contributed by atoms with Crippen molar-refractivity contribution in [2.24, 2.45) is 0 Å². The molecule has 0 aliphatic rings. The first-order valence-electron chi connectivity index (χ1n) is 7.20. The van der Waals surface area contributed by atoms with Crippen molar-refractivity contribution in [1.82, 2.24) is 0 Å². The lowest BCUT2D eigenvalue weighted by molar-refractivity contribution is 0.0319. The molecular formula is C16H22Br2O2. The van der Waals surface area contributed by atoms with Crippen molar-refractivity contribution in [2.75, 3.05) is 0 Å². The number of ether oxygens (including phenoxy) is 1. The van der Waals surface area contributed by atoms with Crippen LogP contribution in [0.5, 0.6) is 0 Å². The Bertz CT molecular complexity index is 412. The Balaban J connectivity index is 2.37. The fourth-order valence-electron chi connectivity index (χ4n) is 2.02. The molecule has 0 radical (unpaired) electrons. The molecule has 0 bridgehead atoms. The van der Waals surface area contributed by atoms with Gasteiger partial charge in [-0.2, -0.15) is 0 Å². The molecular weight excluding hydrogens is 384 g/mol. The molecule has 20 heavy (non-hydrogen) atoms. The van der Waals surface area contributed by atoms with Crippen molar-refractivity contribution < 1.29 is 9.53 Å². The number of carbonyl (C=O) groups is 1. The first-order chi connectivity index (χ1) is 9.52. The van der Waals surface area contributed by atoms with E-state index in [1.807, 2.05) is 13.0 Å². The van der Waals surface area contributed by atoms with Crippen LogP contribution in [0.4, 0.5) is 0 Å². The Morgan fingerprint density at radius 2 is 1.70 bits per heavy atom. The molecule has 1 rings (SSSR count). The van der Waals surface area contributed by atoms with Crippen molar-refractivity contribution >= 4 is 37.8 Å². The van der Waals surface area contributed by atoms with Crippen LogP contribution in [0.15, 0.2) is 27.1 Å². The van der Waals surface area contributed by atoms with Crippen LogP contribution in [0.25, 0.3) is 0 Å². The van der Waals surface area contributed by atoms with Gasteiger partial charge in [-0.1, -0.05) is 64.5 Å². The van der Waals surface area contributed by atoms with Crippen LogP contribution >= 0.6 is 31.9 Å². The molecule has 0 spiro atoms. The van der Waals surface area contributed by atoms with E-state index in [-0.39, 0.29) is 12.1 Å². The van der Waals surface area contributed by atoms with Crippen LogP contribution in [-0.2, 0) is 4.74 Å². The minimum atomic E-state index is -0.256. The van der Waals surface area contributed by atoms with Gasteiger partial charge in [-0.05, 0) is 38.0 Å². The number of esters is 1. The van der Waals surface area contributed by atoms with Gasteiger partial charge in [0.25, 0.3) is 0 Å². The van der Waals surface area contributed by atoms with E-state index in [0.717, 1.165) is 21.8 Å². The normalized spacial score (nSPS) is 12.2. The van der Waals surface area contributed by atoms with Gasteiger partial charge in [-0.15, -0.1) is 0 Å². The smallest absolute Gasteiger partial charge is 0.338 e. The topological polar surface area (TPSA) is 26.3 Å². The summed E-state index contributed by atoms with van der Waals surface area (Å²) in [5.41, 5.74) is 0.573. The lowest BCUT2D eigenvalue weighted by Gasteiger charge is -2.13. The molecule has 0 saturated carbocycles. The number of halogens is 2. The van der Waals surface area contributed by atoms with Gasteiger partial charge >= 0.3 is 5.97 Å². The van der Waals surface area contributed by atoms with Crippen molar-refractivity contribution in [3.63, 3.8) is 0 Å². The van der Waals surface area contributed by atoms with Crippen molar-refractivity contribution in [3.8, 4) is 0 Å². The fourth-order valence-corrected chi connectivity index (χ4v) is 3.31. The summed E-state index contributed by atoms with van der Waals surface area (Å²) in [7, 11) is 0. The quantitative estimate of drug-likeness (QED) is 0.384. The summed E-state index contributed by atoms with van der Waals surface area (Å²) >= 11 is 6.75. The molecule has 2 nitrogen and oxygen atoms in total. The Kier molecular flexibility index (Phi) is 8.46. The molecule has 0 aliphatic carbocycles. The van der Waals surface area contributed by atoms with Crippen LogP contribution in [0, 0.1) is 0 Å². The van der Waals surface area contributed by atoms with Crippen molar-refractivity contribution in [1.29, 1.82) is 0 Å².